The van der Waals surface area contributed by atoms with Gasteiger partial charge in [0.15, 0.2) is 0 Å². The maximum Gasteiger partial charge on any atom is 0.137 e. The van der Waals surface area contributed by atoms with Gasteiger partial charge < -0.3 is 14.2 Å². The third kappa shape index (κ3) is 6.31. The van der Waals surface area contributed by atoms with Gasteiger partial charge in [-0.2, -0.15) is 0 Å². The molecule has 0 saturated carbocycles. The Morgan fingerprint density at radius 1 is 0.677 bits per heavy atom. The molecule has 0 aliphatic carbocycles. The number of hydrogen-bond donors (Lipinski definition) is 0. The Hall–Kier alpha value is -1.42. The van der Waals surface area contributed by atoms with Crippen LogP contribution < -0.4 is 9.47 Å². The molecule has 2 aromatic rings. The standard InChI is InChI=1S/C26H36Cl2O3/c1-7-25(5,19-11-13-23(30-9-3)21(27)15-19)17-29-18-26(6,8-2)20-12-14-24(31-10-4)22(28)16-20/h11-16H,7-10,17-18H2,1-6H3. The summed E-state index contributed by atoms with van der Waals surface area (Å²) >= 11 is 12.9. The molecular weight excluding hydrogens is 431 g/mol. The zero-order valence-electron chi connectivity index (χ0n) is 19.7. The zero-order chi connectivity index (χ0) is 23.1. The topological polar surface area (TPSA) is 27.7 Å². The molecule has 0 fully saturated rings. The van der Waals surface area contributed by atoms with Crippen molar-refractivity contribution in [3.05, 3.63) is 57.6 Å². The molecule has 172 valence electrons. The number of rotatable bonds is 12. The Morgan fingerprint density at radius 3 is 1.35 bits per heavy atom. The summed E-state index contributed by atoms with van der Waals surface area (Å²) in [5, 5.41) is 1.28. The minimum absolute atomic E-state index is 0.139. The molecule has 0 spiro atoms. The van der Waals surface area contributed by atoms with Crippen molar-refractivity contribution >= 4 is 23.2 Å². The van der Waals surface area contributed by atoms with E-state index in [2.05, 4.69) is 39.8 Å². The second-order valence-corrected chi connectivity index (χ2v) is 9.29. The smallest absolute Gasteiger partial charge is 0.137 e. The largest absolute Gasteiger partial charge is 0.492 e. The summed E-state index contributed by atoms with van der Waals surface area (Å²) in [7, 11) is 0. The van der Waals surface area contributed by atoms with E-state index in [4.69, 9.17) is 37.4 Å². The van der Waals surface area contributed by atoms with Crippen molar-refractivity contribution in [1.82, 2.24) is 0 Å². The Balaban J connectivity index is 2.14. The predicted octanol–water partition coefficient (Wildman–Crippen LogP) is 7.84. The summed E-state index contributed by atoms with van der Waals surface area (Å²) in [6.45, 7) is 15.1. The first kappa shape index (κ1) is 25.8. The van der Waals surface area contributed by atoms with E-state index in [1.165, 1.54) is 0 Å². The van der Waals surface area contributed by atoms with E-state index in [0.717, 1.165) is 35.5 Å². The fraction of sp³-hybridized carbons (Fsp3) is 0.538. The van der Waals surface area contributed by atoms with Gasteiger partial charge in [-0.15, -0.1) is 0 Å². The molecule has 31 heavy (non-hydrogen) atoms. The molecule has 0 heterocycles. The predicted molar refractivity (Wildman–Crippen MR) is 131 cm³/mol. The molecule has 0 aliphatic rings. The number of halogens is 2. The molecule has 0 saturated heterocycles. The van der Waals surface area contributed by atoms with E-state index in [-0.39, 0.29) is 10.8 Å². The maximum absolute atomic E-state index is 6.44. The Bertz CT molecular complexity index is 785. The second-order valence-electron chi connectivity index (χ2n) is 8.48. The lowest BCUT2D eigenvalue weighted by atomic mass is 9.79. The highest BCUT2D eigenvalue weighted by Gasteiger charge is 2.30. The van der Waals surface area contributed by atoms with E-state index in [9.17, 15) is 0 Å². The van der Waals surface area contributed by atoms with Crippen molar-refractivity contribution in [1.29, 1.82) is 0 Å². The van der Waals surface area contributed by atoms with Gasteiger partial charge in [0.25, 0.3) is 0 Å². The third-order valence-corrected chi connectivity index (χ3v) is 6.85. The molecule has 0 aromatic heterocycles. The Labute approximate surface area is 198 Å². The first-order valence-corrected chi connectivity index (χ1v) is 11.9. The van der Waals surface area contributed by atoms with Crippen LogP contribution in [0.4, 0.5) is 0 Å². The normalized spacial score (nSPS) is 15.2. The quantitative estimate of drug-likeness (QED) is 0.318. The highest BCUT2D eigenvalue weighted by molar-refractivity contribution is 6.32. The van der Waals surface area contributed by atoms with Gasteiger partial charge in [0.2, 0.25) is 0 Å². The van der Waals surface area contributed by atoms with Crippen molar-refractivity contribution < 1.29 is 14.2 Å². The minimum Gasteiger partial charge on any atom is -0.492 e. The molecule has 0 bridgehead atoms. The number of benzene rings is 2. The van der Waals surface area contributed by atoms with E-state index < -0.39 is 0 Å². The van der Waals surface area contributed by atoms with Gasteiger partial charge in [-0.1, -0.05) is 63.0 Å². The molecular formula is C26H36Cl2O3. The molecule has 0 radical (unpaired) electrons. The number of ether oxygens (including phenoxy) is 3. The van der Waals surface area contributed by atoms with E-state index in [1.54, 1.807) is 0 Å². The molecule has 2 unspecified atom stereocenters. The van der Waals surface area contributed by atoms with Crippen molar-refractivity contribution in [2.24, 2.45) is 0 Å². The van der Waals surface area contributed by atoms with Crippen LogP contribution in [0.1, 0.15) is 65.5 Å². The summed E-state index contributed by atoms with van der Waals surface area (Å²) < 4.78 is 17.5. The van der Waals surface area contributed by atoms with E-state index in [1.807, 2.05) is 38.1 Å². The lowest BCUT2D eigenvalue weighted by molar-refractivity contribution is 0.0510. The maximum atomic E-state index is 6.44. The third-order valence-electron chi connectivity index (χ3n) is 6.26. The zero-order valence-corrected chi connectivity index (χ0v) is 21.2. The van der Waals surface area contributed by atoms with Gasteiger partial charge in [0, 0.05) is 10.8 Å². The summed E-state index contributed by atoms with van der Waals surface area (Å²) in [5.41, 5.74) is 2.04. The monoisotopic (exact) mass is 466 g/mol. The van der Waals surface area contributed by atoms with Crippen LogP contribution >= 0.6 is 23.2 Å². The van der Waals surface area contributed by atoms with Gasteiger partial charge in [0.05, 0.1) is 36.5 Å². The van der Waals surface area contributed by atoms with Gasteiger partial charge in [-0.3, -0.25) is 0 Å². The average molecular weight is 467 g/mol. The summed E-state index contributed by atoms with van der Waals surface area (Å²) in [5.74, 6) is 1.44. The van der Waals surface area contributed by atoms with Crippen LogP contribution in [0.15, 0.2) is 36.4 Å². The van der Waals surface area contributed by atoms with Gasteiger partial charge in [-0.25, -0.2) is 0 Å². The first-order chi connectivity index (χ1) is 14.7. The Morgan fingerprint density at radius 2 is 1.06 bits per heavy atom. The first-order valence-electron chi connectivity index (χ1n) is 11.2. The van der Waals surface area contributed by atoms with E-state index in [0.29, 0.717) is 36.5 Å². The lowest BCUT2D eigenvalue weighted by Crippen LogP contribution is -2.33. The van der Waals surface area contributed by atoms with E-state index >= 15 is 0 Å². The van der Waals surface area contributed by atoms with Crippen LogP contribution in [0.2, 0.25) is 10.0 Å². The summed E-state index contributed by atoms with van der Waals surface area (Å²) in [6, 6.07) is 12.1. The Kier molecular flexibility index (Phi) is 9.54. The molecule has 2 atom stereocenters. The van der Waals surface area contributed by atoms with Gasteiger partial charge in [0.1, 0.15) is 11.5 Å². The number of hydrogen-bond acceptors (Lipinski definition) is 3. The fourth-order valence-corrected chi connectivity index (χ4v) is 4.05. The molecule has 0 amide bonds. The van der Waals surface area contributed by atoms with Crippen molar-refractivity contribution in [2.75, 3.05) is 26.4 Å². The molecule has 0 N–H and O–H groups in total. The van der Waals surface area contributed by atoms with Crippen LogP contribution in [0.25, 0.3) is 0 Å². The van der Waals surface area contributed by atoms with Crippen LogP contribution in [0.3, 0.4) is 0 Å². The molecule has 3 nitrogen and oxygen atoms in total. The molecule has 5 heteroatoms. The highest BCUT2D eigenvalue weighted by Crippen LogP contribution is 2.36. The summed E-state index contributed by atoms with van der Waals surface area (Å²) in [4.78, 5) is 0. The average Bonchev–Trinajstić information content (AvgIpc) is 2.76. The minimum atomic E-state index is -0.139. The molecule has 2 rings (SSSR count). The highest BCUT2D eigenvalue weighted by atomic mass is 35.5. The van der Waals surface area contributed by atoms with Crippen LogP contribution in [0, 0.1) is 0 Å². The van der Waals surface area contributed by atoms with Crippen LogP contribution in [-0.2, 0) is 15.6 Å². The SMILES string of the molecule is CCOc1ccc(C(C)(CC)COCC(C)(CC)c2ccc(OCC)c(Cl)c2)cc1Cl. The van der Waals surface area contributed by atoms with Gasteiger partial charge >= 0.3 is 0 Å². The van der Waals surface area contributed by atoms with Crippen LogP contribution in [-0.4, -0.2) is 26.4 Å². The molecule has 0 aliphatic heterocycles. The van der Waals surface area contributed by atoms with Crippen LogP contribution in [0.5, 0.6) is 11.5 Å². The van der Waals surface area contributed by atoms with Gasteiger partial charge in [-0.05, 0) is 62.1 Å². The van der Waals surface area contributed by atoms with Crippen molar-refractivity contribution in [2.45, 2.75) is 65.2 Å². The second kappa shape index (κ2) is 11.4. The van der Waals surface area contributed by atoms with Crippen molar-refractivity contribution in [3.63, 3.8) is 0 Å². The fourth-order valence-electron chi connectivity index (χ4n) is 3.58. The lowest BCUT2D eigenvalue weighted by Gasteiger charge is -2.33. The summed E-state index contributed by atoms with van der Waals surface area (Å²) in [6.07, 6.45) is 1.88. The van der Waals surface area contributed by atoms with Crippen molar-refractivity contribution in [3.8, 4) is 11.5 Å². The molecule has 2 aromatic carbocycles.